The van der Waals surface area contributed by atoms with E-state index in [-0.39, 0.29) is 18.2 Å². The van der Waals surface area contributed by atoms with Crippen LogP contribution in [0.15, 0.2) is 28.7 Å². The zero-order chi connectivity index (χ0) is 21.1. The lowest BCUT2D eigenvalue weighted by molar-refractivity contribution is -0.122. The number of rotatable bonds is 5. The van der Waals surface area contributed by atoms with Gasteiger partial charge in [-0.2, -0.15) is 12.6 Å². The maximum Gasteiger partial charge on any atom is 0.410 e. The predicted molar refractivity (Wildman–Crippen MR) is 115 cm³/mol. The van der Waals surface area contributed by atoms with Crippen molar-refractivity contribution < 1.29 is 19.1 Å². The van der Waals surface area contributed by atoms with Crippen molar-refractivity contribution in [2.75, 3.05) is 13.1 Å². The Labute approximate surface area is 179 Å². The number of carbonyl (C=O) groups is 3. The summed E-state index contributed by atoms with van der Waals surface area (Å²) in [4.78, 5) is 39.1. The number of ketones is 1. The first-order valence-electron chi connectivity index (χ1n) is 9.19. The van der Waals surface area contributed by atoms with E-state index in [0.717, 1.165) is 10.9 Å². The standard InChI is InChI=1S/C20H27BrN2O4S/c1-19(2,3)27-18(26)23-11-5-10-20(23,4)16(28)17(25)22-12-15(24)13-6-8-14(21)9-7-13/h6-9,16,28H,5,10-12H2,1-4H3,(H,22,25)/t16?,20-/m0/s1. The molecule has 2 atom stereocenters. The molecule has 0 bridgehead atoms. The molecule has 154 valence electrons. The molecule has 1 heterocycles. The van der Waals surface area contributed by atoms with Gasteiger partial charge in [-0.15, -0.1) is 0 Å². The number of halogens is 1. The van der Waals surface area contributed by atoms with Crippen molar-refractivity contribution in [2.24, 2.45) is 0 Å². The Bertz CT molecular complexity index is 748. The maximum atomic E-state index is 12.7. The van der Waals surface area contributed by atoms with Crippen LogP contribution in [0.5, 0.6) is 0 Å². The number of nitrogens with one attached hydrogen (secondary N) is 1. The lowest BCUT2D eigenvalue weighted by Crippen LogP contribution is -2.57. The summed E-state index contributed by atoms with van der Waals surface area (Å²) in [6.45, 7) is 7.62. The third-order valence-corrected chi connectivity index (χ3v) is 6.04. The highest BCUT2D eigenvalue weighted by atomic mass is 79.9. The molecule has 0 aromatic heterocycles. The summed E-state index contributed by atoms with van der Waals surface area (Å²) in [5.74, 6) is -0.575. The molecule has 1 aromatic rings. The van der Waals surface area contributed by atoms with Gasteiger partial charge < -0.3 is 15.0 Å². The molecule has 1 fully saturated rings. The number of nitrogens with zero attached hydrogens (tertiary/aromatic N) is 1. The van der Waals surface area contributed by atoms with Gasteiger partial charge in [0.05, 0.1) is 12.1 Å². The molecule has 0 aliphatic carbocycles. The molecule has 1 unspecified atom stereocenters. The van der Waals surface area contributed by atoms with Crippen molar-refractivity contribution in [1.29, 1.82) is 0 Å². The third kappa shape index (κ3) is 5.50. The minimum Gasteiger partial charge on any atom is -0.444 e. The van der Waals surface area contributed by atoms with Crippen LogP contribution in [-0.2, 0) is 9.53 Å². The second kappa shape index (κ2) is 8.86. The molecule has 6 nitrogen and oxygen atoms in total. The number of hydrogen-bond acceptors (Lipinski definition) is 5. The molecular weight excluding hydrogens is 444 g/mol. The first-order valence-corrected chi connectivity index (χ1v) is 10.5. The number of hydrogen-bond donors (Lipinski definition) is 2. The van der Waals surface area contributed by atoms with Crippen molar-refractivity contribution in [2.45, 2.75) is 56.9 Å². The highest BCUT2D eigenvalue weighted by Crippen LogP contribution is 2.36. The Hall–Kier alpha value is -1.54. The molecule has 1 aromatic carbocycles. The summed E-state index contributed by atoms with van der Waals surface area (Å²) in [5, 5.41) is 1.87. The van der Waals surface area contributed by atoms with E-state index in [9.17, 15) is 14.4 Å². The van der Waals surface area contributed by atoms with Crippen molar-refractivity contribution >= 4 is 46.3 Å². The van der Waals surface area contributed by atoms with Crippen LogP contribution in [-0.4, -0.2) is 52.2 Å². The number of ether oxygens (including phenoxy) is 1. The number of Topliss-reactive ketones (excluding diaryl/α,β-unsaturated/α-hetero) is 1. The maximum absolute atomic E-state index is 12.7. The molecule has 0 radical (unpaired) electrons. The summed E-state index contributed by atoms with van der Waals surface area (Å²) in [6.07, 6.45) is 0.942. The van der Waals surface area contributed by atoms with Crippen LogP contribution in [0.2, 0.25) is 0 Å². The van der Waals surface area contributed by atoms with Gasteiger partial charge in [0.1, 0.15) is 10.9 Å². The van der Waals surface area contributed by atoms with E-state index in [2.05, 4.69) is 33.9 Å². The van der Waals surface area contributed by atoms with E-state index in [4.69, 9.17) is 4.74 Å². The number of benzene rings is 1. The van der Waals surface area contributed by atoms with E-state index in [0.29, 0.717) is 18.5 Å². The van der Waals surface area contributed by atoms with Crippen LogP contribution in [0.1, 0.15) is 50.9 Å². The minimum absolute atomic E-state index is 0.125. The zero-order valence-electron chi connectivity index (χ0n) is 16.6. The Balaban J connectivity index is 2.01. The zero-order valence-corrected chi connectivity index (χ0v) is 19.1. The summed E-state index contributed by atoms with van der Waals surface area (Å²) >= 11 is 7.82. The number of likely N-dealkylation sites (tertiary alicyclic amines) is 1. The second-order valence-corrected chi connectivity index (χ2v) is 9.58. The summed E-state index contributed by atoms with van der Waals surface area (Å²) in [7, 11) is 0. The van der Waals surface area contributed by atoms with Crippen LogP contribution in [0, 0.1) is 0 Å². The smallest absolute Gasteiger partial charge is 0.410 e. The van der Waals surface area contributed by atoms with Gasteiger partial charge in [-0.3, -0.25) is 9.59 Å². The molecule has 1 saturated heterocycles. The second-order valence-electron chi connectivity index (χ2n) is 8.14. The monoisotopic (exact) mass is 470 g/mol. The highest BCUT2D eigenvalue weighted by Gasteiger charge is 2.48. The van der Waals surface area contributed by atoms with Crippen molar-refractivity contribution in [3.8, 4) is 0 Å². The number of amides is 2. The average molecular weight is 471 g/mol. The van der Waals surface area contributed by atoms with Crippen molar-refractivity contribution in [1.82, 2.24) is 10.2 Å². The quantitative estimate of drug-likeness (QED) is 0.506. The summed E-state index contributed by atoms with van der Waals surface area (Å²) < 4.78 is 6.35. The van der Waals surface area contributed by atoms with Gasteiger partial charge in [0.15, 0.2) is 5.78 Å². The molecule has 8 heteroatoms. The molecule has 28 heavy (non-hydrogen) atoms. The first-order chi connectivity index (χ1) is 12.9. The lowest BCUT2D eigenvalue weighted by Gasteiger charge is -2.39. The van der Waals surface area contributed by atoms with E-state index < -0.39 is 22.5 Å². The molecule has 1 aliphatic heterocycles. The fourth-order valence-corrected chi connectivity index (χ4v) is 3.80. The van der Waals surface area contributed by atoms with E-state index in [1.54, 1.807) is 49.9 Å². The Morgan fingerprint density at radius 3 is 2.46 bits per heavy atom. The van der Waals surface area contributed by atoms with Crippen LogP contribution >= 0.6 is 28.6 Å². The third-order valence-electron chi connectivity index (χ3n) is 4.72. The molecule has 2 amide bonds. The normalized spacial score (nSPS) is 20.6. The fourth-order valence-electron chi connectivity index (χ4n) is 3.17. The van der Waals surface area contributed by atoms with Crippen molar-refractivity contribution in [3.05, 3.63) is 34.3 Å². The Kier molecular flexibility index (Phi) is 7.20. The average Bonchev–Trinajstić information content (AvgIpc) is 3.01. The first kappa shape index (κ1) is 22.7. The number of carbonyl (C=O) groups excluding carboxylic acids is 3. The SMILES string of the molecule is CC(C)(C)OC(=O)N1CCC[C@@]1(C)C(S)C(=O)NCC(=O)c1ccc(Br)cc1. The van der Waals surface area contributed by atoms with E-state index in [1.165, 1.54) is 0 Å². The molecule has 0 spiro atoms. The van der Waals surface area contributed by atoms with Crippen LogP contribution < -0.4 is 5.32 Å². The van der Waals surface area contributed by atoms with Gasteiger partial charge in [-0.05, 0) is 52.7 Å². The lowest BCUT2D eigenvalue weighted by atomic mass is 9.93. The van der Waals surface area contributed by atoms with Crippen molar-refractivity contribution in [3.63, 3.8) is 0 Å². The number of thiol groups is 1. The predicted octanol–water partition coefficient (Wildman–Crippen LogP) is 3.84. The van der Waals surface area contributed by atoms with Gasteiger partial charge >= 0.3 is 6.09 Å². The van der Waals surface area contributed by atoms with Gasteiger partial charge in [0.2, 0.25) is 5.91 Å². The molecular formula is C20H27BrN2O4S. The highest BCUT2D eigenvalue weighted by molar-refractivity contribution is 9.10. The molecule has 1 N–H and O–H groups in total. The van der Waals surface area contributed by atoms with E-state index in [1.807, 2.05) is 6.92 Å². The van der Waals surface area contributed by atoms with Crippen LogP contribution in [0.25, 0.3) is 0 Å². The Morgan fingerprint density at radius 2 is 1.89 bits per heavy atom. The Morgan fingerprint density at radius 1 is 1.29 bits per heavy atom. The van der Waals surface area contributed by atoms with Crippen LogP contribution in [0.3, 0.4) is 0 Å². The summed E-state index contributed by atoms with van der Waals surface area (Å²) in [5.41, 5.74) is -0.885. The fraction of sp³-hybridized carbons (Fsp3) is 0.550. The topological polar surface area (TPSA) is 75.7 Å². The van der Waals surface area contributed by atoms with Gasteiger partial charge in [-0.25, -0.2) is 4.79 Å². The largest absolute Gasteiger partial charge is 0.444 e. The van der Waals surface area contributed by atoms with Gasteiger partial charge in [-0.1, -0.05) is 28.1 Å². The molecule has 1 aliphatic rings. The summed E-state index contributed by atoms with van der Waals surface area (Å²) in [6, 6.07) is 6.93. The van der Waals surface area contributed by atoms with E-state index >= 15 is 0 Å². The minimum atomic E-state index is -0.782. The van der Waals surface area contributed by atoms with Crippen LogP contribution in [0.4, 0.5) is 4.79 Å². The molecule has 2 rings (SSSR count). The van der Waals surface area contributed by atoms with Gasteiger partial charge in [0, 0.05) is 16.6 Å². The molecule has 0 saturated carbocycles. The van der Waals surface area contributed by atoms with Gasteiger partial charge in [0.25, 0.3) is 0 Å².